The number of nitrogens with zero attached hydrogens (tertiary/aromatic N) is 4. The summed E-state index contributed by atoms with van der Waals surface area (Å²) in [4.78, 5) is 56.3. The summed E-state index contributed by atoms with van der Waals surface area (Å²) >= 11 is 1.27. The number of fused-ring (bicyclic) bond motifs is 1. The molecule has 0 saturated carbocycles. The van der Waals surface area contributed by atoms with Crippen molar-refractivity contribution in [3.63, 3.8) is 0 Å². The molecule has 3 rings (SSSR count). The van der Waals surface area contributed by atoms with Gasteiger partial charge in [0.05, 0.1) is 12.9 Å². The molecule has 0 aromatic carbocycles. The van der Waals surface area contributed by atoms with Crippen LogP contribution >= 0.6 is 11.8 Å². The number of rotatable bonds is 5. The fourth-order valence-corrected chi connectivity index (χ4v) is 3.89. The Hall–Kier alpha value is -2.93. The van der Waals surface area contributed by atoms with Crippen molar-refractivity contribution >= 4 is 40.8 Å². The molecule has 1 aliphatic heterocycles. The van der Waals surface area contributed by atoms with Gasteiger partial charge in [0.1, 0.15) is 0 Å². The Balaban J connectivity index is 2.11. The zero-order chi connectivity index (χ0) is 22.9. The molecular formula is C18H22N4O8S. The van der Waals surface area contributed by atoms with E-state index in [1.54, 1.807) is 13.3 Å². The first-order valence-electron chi connectivity index (χ1n) is 9.24. The Morgan fingerprint density at radius 3 is 2.29 bits per heavy atom. The molecule has 1 aliphatic rings. The summed E-state index contributed by atoms with van der Waals surface area (Å²) in [5.74, 6) is -1.95. The Kier molecular flexibility index (Phi) is 6.65. The third-order valence-electron chi connectivity index (χ3n) is 4.54. The van der Waals surface area contributed by atoms with Crippen molar-refractivity contribution in [1.29, 1.82) is 0 Å². The van der Waals surface area contributed by atoms with Gasteiger partial charge in [0.15, 0.2) is 40.9 Å². The van der Waals surface area contributed by atoms with Gasteiger partial charge in [-0.05, 0) is 6.26 Å². The number of imidazole rings is 1. The summed E-state index contributed by atoms with van der Waals surface area (Å²) in [6.07, 6.45) is -1.28. The van der Waals surface area contributed by atoms with Gasteiger partial charge >= 0.3 is 17.9 Å². The highest BCUT2D eigenvalue weighted by Crippen LogP contribution is 2.32. The van der Waals surface area contributed by atoms with Crippen LogP contribution in [-0.2, 0) is 40.4 Å². The molecule has 1 fully saturated rings. The molecule has 3 heterocycles. The Morgan fingerprint density at radius 1 is 1.10 bits per heavy atom. The number of hydrogen-bond donors (Lipinski definition) is 0. The number of ether oxygens (including phenoxy) is 4. The molecule has 0 bridgehead atoms. The third kappa shape index (κ3) is 4.56. The first-order chi connectivity index (χ1) is 14.6. The molecule has 0 amide bonds. The van der Waals surface area contributed by atoms with Gasteiger partial charge in [-0.1, -0.05) is 11.8 Å². The van der Waals surface area contributed by atoms with Crippen molar-refractivity contribution in [3.05, 3.63) is 16.7 Å². The van der Waals surface area contributed by atoms with E-state index in [2.05, 4.69) is 9.97 Å². The molecule has 1 saturated heterocycles. The van der Waals surface area contributed by atoms with Crippen molar-refractivity contribution in [2.24, 2.45) is 7.05 Å². The largest absolute Gasteiger partial charge is 0.456 e. The molecule has 0 spiro atoms. The van der Waals surface area contributed by atoms with Gasteiger partial charge in [0, 0.05) is 27.8 Å². The Morgan fingerprint density at radius 2 is 1.71 bits per heavy atom. The molecule has 2 aromatic rings. The van der Waals surface area contributed by atoms with E-state index >= 15 is 0 Å². The summed E-state index contributed by atoms with van der Waals surface area (Å²) in [5, 5.41) is 0.438. The SMILES string of the molecule is CSc1nc2c(ncn2[C@@H]2OC[C@@H](OC(C)=O)[C@H](OC(C)=O)[C@H]2OC(C)=O)c(=O)n1C. The van der Waals surface area contributed by atoms with Crippen LogP contribution in [0.15, 0.2) is 16.3 Å². The summed E-state index contributed by atoms with van der Waals surface area (Å²) < 4.78 is 24.6. The van der Waals surface area contributed by atoms with Gasteiger partial charge in [0.2, 0.25) is 0 Å². The molecule has 0 radical (unpaired) electrons. The van der Waals surface area contributed by atoms with Crippen molar-refractivity contribution in [2.45, 2.75) is 50.5 Å². The quantitative estimate of drug-likeness (QED) is 0.264. The lowest BCUT2D eigenvalue weighted by Gasteiger charge is -2.40. The van der Waals surface area contributed by atoms with Gasteiger partial charge in [0.25, 0.3) is 5.56 Å². The number of carbonyl (C=O) groups excluding carboxylic acids is 3. The van der Waals surface area contributed by atoms with Crippen LogP contribution < -0.4 is 5.56 Å². The maximum atomic E-state index is 12.6. The van der Waals surface area contributed by atoms with Crippen molar-refractivity contribution in [2.75, 3.05) is 12.9 Å². The first kappa shape index (κ1) is 22.7. The molecule has 0 unspecified atom stereocenters. The smallest absolute Gasteiger partial charge is 0.303 e. The summed E-state index contributed by atoms with van der Waals surface area (Å²) in [7, 11) is 1.58. The lowest BCUT2D eigenvalue weighted by molar-refractivity contribution is -0.239. The molecule has 2 aromatic heterocycles. The highest BCUT2D eigenvalue weighted by Gasteiger charge is 2.48. The normalized spacial score (nSPS) is 23.4. The molecular weight excluding hydrogens is 432 g/mol. The van der Waals surface area contributed by atoms with Gasteiger partial charge < -0.3 is 18.9 Å². The van der Waals surface area contributed by atoms with Crippen molar-refractivity contribution in [3.8, 4) is 0 Å². The van der Waals surface area contributed by atoms with Crippen LogP contribution in [0.3, 0.4) is 0 Å². The fraction of sp³-hybridized carbons (Fsp3) is 0.556. The maximum Gasteiger partial charge on any atom is 0.303 e. The lowest BCUT2D eigenvalue weighted by atomic mass is 10.0. The second-order valence-electron chi connectivity index (χ2n) is 6.81. The second-order valence-corrected chi connectivity index (χ2v) is 7.58. The predicted octanol–water partition coefficient (Wildman–Crippen LogP) is 0.176. The van der Waals surface area contributed by atoms with Gasteiger partial charge in [-0.15, -0.1) is 0 Å². The molecule has 31 heavy (non-hydrogen) atoms. The zero-order valence-corrected chi connectivity index (χ0v) is 18.4. The highest BCUT2D eigenvalue weighted by molar-refractivity contribution is 7.98. The fourth-order valence-electron chi connectivity index (χ4n) is 3.36. The minimum Gasteiger partial charge on any atom is -0.456 e. The van der Waals surface area contributed by atoms with E-state index in [1.165, 1.54) is 48.0 Å². The zero-order valence-electron chi connectivity index (χ0n) is 17.6. The van der Waals surface area contributed by atoms with Crippen LogP contribution in [0.5, 0.6) is 0 Å². The van der Waals surface area contributed by atoms with E-state index in [0.717, 1.165) is 0 Å². The Bertz CT molecular complexity index is 1080. The van der Waals surface area contributed by atoms with Gasteiger partial charge in [-0.2, -0.15) is 0 Å². The maximum absolute atomic E-state index is 12.6. The topological polar surface area (TPSA) is 141 Å². The van der Waals surface area contributed by atoms with E-state index in [-0.39, 0.29) is 23.3 Å². The van der Waals surface area contributed by atoms with E-state index in [0.29, 0.717) is 5.16 Å². The number of hydrogen-bond acceptors (Lipinski definition) is 11. The third-order valence-corrected chi connectivity index (χ3v) is 5.27. The van der Waals surface area contributed by atoms with E-state index in [9.17, 15) is 19.2 Å². The van der Waals surface area contributed by atoms with Crippen LogP contribution in [-0.4, -0.2) is 68.2 Å². The highest BCUT2D eigenvalue weighted by atomic mass is 32.2. The summed E-state index contributed by atoms with van der Waals surface area (Å²) in [6, 6.07) is 0. The van der Waals surface area contributed by atoms with Crippen LogP contribution in [0, 0.1) is 0 Å². The molecule has 4 atom stereocenters. The van der Waals surface area contributed by atoms with Crippen LogP contribution in [0.2, 0.25) is 0 Å². The summed E-state index contributed by atoms with van der Waals surface area (Å²) in [5.41, 5.74) is -0.0546. The van der Waals surface area contributed by atoms with Crippen molar-refractivity contribution in [1.82, 2.24) is 19.1 Å². The number of thioether (sulfide) groups is 1. The lowest BCUT2D eigenvalue weighted by Crippen LogP contribution is -2.55. The minimum absolute atomic E-state index is 0.0941. The van der Waals surface area contributed by atoms with E-state index in [4.69, 9.17) is 18.9 Å². The monoisotopic (exact) mass is 454 g/mol. The molecule has 0 N–H and O–H groups in total. The number of aromatic nitrogens is 4. The number of esters is 3. The second kappa shape index (κ2) is 9.06. The van der Waals surface area contributed by atoms with Crippen LogP contribution in [0.25, 0.3) is 11.2 Å². The first-order valence-corrected chi connectivity index (χ1v) is 10.5. The molecule has 0 aliphatic carbocycles. The van der Waals surface area contributed by atoms with E-state index < -0.39 is 42.4 Å². The minimum atomic E-state index is -1.19. The summed E-state index contributed by atoms with van der Waals surface area (Å²) in [6.45, 7) is 3.41. The van der Waals surface area contributed by atoms with Gasteiger partial charge in [-0.3, -0.25) is 28.3 Å². The van der Waals surface area contributed by atoms with Crippen molar-refractivity contribution < 1.29 is 33.3 Å². The number of carbonyl (C=O) groups is 3. The molecule has 168 valence electrons. The van der Waals surface area contributed by atoms with Crippen LogP contribution in [0.1, 0.15) is 27.0 Å². The average molecular weight is 454 g/mol. The predicted molar refractivity (Wildman–Crippen MR) is 106 cm³/mol. The standard InChI is InChI=1S/C18H22N4O8S/c1-8(23)28-11-6-27-17(14(30-10(3)25)13(11)29-9(2)24)22-7-19-12-15(22)20-18(31-5)21(4)16(12)26/h7,11,13-14,17H,6H2,1-5H3/t11-,13+,14-,17-/m1/s1. The van der Waals surface area contributed by atoms with Gasteiger partial charge in [-0.25, -0.2) is 9.97 Å². The van der Waals surface area contributed by atoms with E-state index in [1.807, 2.05) is 0 Å². The molecule has 13 heteroatoms. The van der Waals surface area contributed by atoms with Crippen LogP contribution in [0.4, 0.5) is 0 Å². The Labute approximate surface area is 180 Å². The average Bonchev–Trinajstić information content (AvgIpc) is 3.10. The molecule has 12 nitrogen and oxygen atoms in total.